The van der Waals surface area contributed by atoms with Gasteiger partial charge in [-0.1, -0.05) is 275 Å². The molecule has 6 nitrogen and oxygen atoms in total. The summed E-state index contributed by atoms with van der Waals surface area (Å²) in [6.07, 6.45) is 92.6. The summed E-state index contributed by atoms with van der Waals surface area (Å²) in [7, 11) is 0. The van der Waals surface area contributed by atoms with Gasteiger partial charge in [0.15, 0.2) is 6.10 Å². The van der Waals surface area contributed by atoms with Crippen molar-refractivity contribution in [3.8, 4) is 0 Å². The molecule has 0 aromatic carbocycles. The number of rotatable bonds is 54. The summed E-state index contributed by atoms with van der Waals surface area (Å²) in [5, 5.41) is 0. The number of ether oxygens (including phenoxy) is 3. The predicted molar refractivity (Wildman–Crippen MR) is 334 cm³/mol. The van der Waals surface area contributed by atoms with E-state index in [1.54, 1.807) is 0 Å². The van der Waals surface area contributed by atoms with Gasteiger partial charge < -0.3 is 14.2 Å². The van der Waals surface area contributed by atoms with Crippen LogP contribution in [0.2, 0.25) is 0 Å². The van der Waals surface area contributed by atoms with Crippen molar-refractivity contribution in [2.75, 3.05) is 13.2 Å². The molecule has 0 saturated carbocycles. The maximum absolute atomic E-state index is 12.8. The highest BCUT2D eigenvalue weighted by Gasteiger charge is 2.19. The zero-order valence-electron chi connectivity index (χ0n) is 49.4. The summed E-state index contributed by atoms with van der Waals surface area (Å²) in [6.45, 7) is 6.32. The van der Waals surface area contributed by atoms with Crippen LogP contribution in [0.5, 0.6) is 0 Å². The highest BCUT2D eigenvalue weighted by atomic mass is 16.6. The molecule has 0 bridgehead atoms. The minimum atomic E-state index is -0.829. The molecule has 0 aromatic heterocycles. The first kappa shape index (κ1) is 72.0. The van der Waals surface area contributed by atoms with E-state index in [1.165, 1.54) is 77.0 Å². The SMILES string of the molecule is CC/C=C\C/C=C\C/C=C\C/C=C\C/C=C\C/C=C\C/C=C\CCCCCCCCCC(=O)OCC(COC(=O)CCCCCCCCCCCCC)OC(=O)CC/C=C\C/C=C\C/C=C\C/C=C\C/C=C\C/C=C\CC. The number of allylic oxidation sites excluding steroid dienone is 26. The van der Waals surface area contributed by atoms with Crippen LogP contribution in [0.15, 0.2) is 158 Å². The molecule has 77 heavy (non-hydrogen) atoms. The van der Waals surface area contributed by atoms with Gasteiger partial charge in [-0.05, 0) is 116 Å². The summed E-state index contributed by atoms with van der Waals surface area (Å²) in [6, 6.07) is 0. The average Bonchev–Trinajstić information content (AvgIpc) is 3.43. The van der Waals surface area contributed by atoms with Gasteiger partial charge in [0, 0.05) is 19.3 Å². The summed E-state index contributed by atoms with van der Waals surface area (Å²) in [4.78, 5) is 38.2. The molecule has 0 radical (unpaired) electrons. The average molecular weight is 1060 g/mol. The van der Waals surface area contributed by atoms with Gasteiger partial charge in [0.05, 0.1) is 0 Å². The van der Waals surface area contributed by atoms with E-state index in [-0.39, 0.29) is 31.6 Å². The fraction of sp³-hybridized carbons (Fsp3) is 0.592. The maximum atomic E-state index is 12.8. The van der Waals surface area contributed by atoms with E-state index >= 15 is 0 Å². The molecule has 0 rings (SSSR count). The standard InChI is InChI=1S/C71H112O6/c1-4-7-10-13-16-19-22-24-26-28-30-31-32-33-34-35-36-37-38-39-41-42-44-46-49-52-55-58-61-64-70(73)76-67-68(66-75-69(72)63-60-57-54-51-48-21-18-15-12-9-6-3)77-71(74)65-62-59-56-53-50-47-45-43-40-29-27-25-23-20-17-14-11-8-5-2/h7-8,10-11,16-17,19-20,24-27,30-31,33-34,36-37,39-41,43,47,50,56,59,68H,4-6,9,12-15,18,21-23,28-29,32,35,38,42,44-46,48-49,51-55,57-58,60-67H2,1-3H3/b10-7-,11-8-,19-16-,20-17-,26-24-,27-25-,31-30-,34-33-,37-36-,41-39-,43-40-,50-47-,59-56-. The quantitative estimate of drug-likeness (QED) is 0.0261. The summed E-state index contributed by atoms with van der Waals surface area (Å²) < 4.78 is 16.8. The highest BCUT2D eigenvalue weighted by molar-refractivity contribution is 5.71. The van der Waals surface area contributed by atoms with Crippen LogP contribution in [-0.2, 0) is 28.6 Å². The van der Waals surface area contributed by atoms with Crippen molar-refractivity contribution in [1.82, 2.24) is 0 Å². The Morgan fingerprint density at radius 1 is 0.273 bits per heavy atom. The number of carbonyl (C=O) groups is 3. The Labute approximate surface area is 473 Å². The van der Waals surface area contributed by atoms with Crippen LogP contribution < -0.4 is 0 Å². The van der Waals surface area contributed by atoms with Crippen LogP contribution >= 0.6 is 0 Å². The molecule has 6 heteroatoms. The number of hydrogen-bond donors (Lipinski definition) is 0. The van der Waals surface area contributed by atoms with Gasteiger partial charge >= 0.3 is 17.9 Å². The first-order valence-corrected chi connectivity index (χ1v) is 31.0. The van der Waals surface area contributed by atoms with E-state index in [0.717, 1.165) is 128 Å². The Bertz CT molecular complexity index is 1740. The predicted octanol–water partition coefficient (Wildman–Crippen LogP) is 21.3. The van der Waals surface area contributed by atoms with E-state index in [9.17, 15) is 14.4 Å². The molecular formula is C71H112O6. The molecular weight excluding hydrogens is 949 g/mol. The summed E-state index contributed by atoms with van der Waals surface area (Å²) in [5.74, 6) is -1.02. The van der Waals surface area contributed by atoms with Crippen molar-refractivity contribution in [2.24, 2.45) is 0 Å². The molecule has 0 aliphatic rings. The van der Waals surface area contributed by atoms with Crippen molar-refractivity contribution in [1.29, 1.82) is 0 Å². The lowest BCUT2D eigenvalue weighted by Crippen LogP contribution is -2.30. The third-order valence-corrected chi connectivity index (χ3v) is 12.5. The second kappa shape index (κ2) is 63.6. The molecule has 0 aliphatic heterocycles. The number of carbonyl (C=O) groups excluding carboxylic acids is 3. The third-order valence-electron chi connectivity index (χ3n) is 12.5. The molecule has 0 aromatic rings. The lowest BCUT2D eigenvalue weighted by atomic mass is 10.1. The number of esters is 3. The van der Waals surface area contributed by atoms with Gasteiger partial charge in [-0.15, -0.1) is 0 Å². The number of hydrogen-bond acceptors (Lipinski definition) is 6. The van der Waals surface area contributed by atoms with Crippen LogP contribution in [0.25, 0.3) is 0 Å². The molecule has 0 amide bonds. The molecule has 1 atom stereocenters. The van der Waals surface area contributed by atoms with Crippen molar-refractivity contribution in [3.63, 3.8) is 0 Å². The van der Waals surface area contributed by atoms with Crippen LogP contribution in [0, 0.1) is 0 Å². The first-order valence-electron chi connectivity index (χ1n) is 31.0. The van der Waals surface area contributed by atoms with Crippen LogP contribution in [0.3, 0.4) is 0 Å². The van der Waals surface area contributed by atoms with Crippen LogP contribution in [0.4, 0.5) is 0 Å². The fourth-order valence-electron chi connectivity index (χ4n) is 7.98. The van der Waals surface area contributed by atoms with Crippen LogP contribution in [0.1, 0.15) is 252 Å². The zero-order valence-corrected chi connectivity index (χ0v) is 49.4. The number of unbranched alkanes of at least 4 members (excludes halogenated alkanes) is 17. The lowest BCUT2D eigenvalue weighted by Gasteiger charge is -2.18. The molecule has 0 spiro atoms. The van der Waals surface area contributed by atoms with Crippen LogP contribution in [-0.4, -0.2) is 37.2 Å². The van der Waals surface area contributed by atoms with Gasteiger partial charge in [-0.25, -0.2) is 0 Å². The van der Waals surface area contributed by atoms with Gasteiger partial charge in [-0.3, -0.25) is 14.4 Å². The first-order chi connectivity index (χ1) is 38.0. The van der Waals surface area contributed by atoms with E-state index in [0.29, 0.717) is 19.3 Å². The maximum Gasteiger partial charge on any atom is 0.306 e. The Morgan fingerprint density at radius 3 is 0.844 bits per heavy atom. The Morgan fingerprint density at radius 2 is 0.532 bits per heavy atom. The van der Waals surface area contributed by atoms with E-state index in [2.05, 4.69) is 167 Å². The van der Waals surface area contributed by atoms with Gasteiger partial charge in [-0.2, -0.15) is 0 Å². The van der Waals surface area contributed by atoms with E-state index < -0.39 is 12.1 Å². The van der Waals surface area contributed by atoms with Gasteiger partial charge in [0.2, 0.25) is 0 Å². The van der Waals surface area contributed by atoms with Gasteiger partial charge in [0.25, 0.3) is 0 Å². The van der Waals surface area contributed by atoms with Crippen molar-refractivity contribution < 1.29 is 28.6 Å². The third kappa shape index (κ3) is 61.8. The molecule has 0 heterocycles. The minimum absolute atomic E-state index is 0.116. The van der Waals surface area contributed by atoms with E-state index in [4.69, 9.17) is 14.2 Å². The van der Waals surface area contributed by atoms with E-state index in [1.807, 2.05) is 12.2 Å². The Hall–Kier alpha value is -4.97. The molecule has 1 unspecified atom stereocenters. The Kier molecular flexibility index (Phi) is 59.5. The fourth-order valence-corrected chi connectivity index (χ4v) is 7.98. The molecule has 0 N–H and O–H groups in total. The second-order valence-electron chi connectivity index (χ2n) is 19.9. The van der Waals surface area contributed by atoms with Gasteiger partial charge in [0.1, 0.15) is 13.2 Å². The lowest BCUT2D eigenvalue weighted by molar-refractivity contribution is -0.166. The van der Waals surface area contributed by atoms with Crippen molar-refractivity contribution in [3.05, 3.63) is 158 Å². The normalized spacial score (nSPS) is 13.2. The molecule has 0 fully saturated rings. The zero-order chi connectivity index (χ0) is 55.7. The monoisotopic (exact) mass is 1060 g/mol. The summed E-state index contributed by atoms with van der Waals surface area (Å²) >= 11 is 0. The Balaban J connectivity index is 4.42. The largest absolute Gasteiger partial charge is 0.462 e. The minimum Gasteiger partial charge on any atom is -0.462 e. The molecule has 0 aliphatic carbocycles. The van der Waals surface area contributed by atoms with Crippen molar-refractivity contribution >= 4 is 17.9 Å². The van der Waals surface area contributed by atoms with Crippen molar-refractivity contribution in [2.45, 2.75) is 258 Å². The second-order valence-corrected chi connectivity index (χ2v) is 19.9. The highest BCUT2D eigenvalue weighted by Crippen LogP contribution is 2.14. The molecule has 432 valence electrons. The molecule has 0 saturated heterocycles. The summed E-state index contributed by atoms with van der Waals surface area (Å²) in [5.41, 5.74) is 0. The topological polar surface area (TPSA) is 78.9 Å². The smallest absolute Gasteiger partial charge is 0.306 e.